The molecule has 0 radical (unpaired) electrons. The van der Waals surface area contributed by atoms with Crippen molar-refractivity contribution in [3.05, 3.63) is 47.3 Å². The summed E-state index contributed by atoms with van der Waals surface area (Å²) in [6.07, 6.45) is 3.92. The Morgan fingerprint density at radius 1 is 1.03 bits per heavy atom. The zero-order valence-corrected chi connectivity index (χ0v) is 18.8. The summed E-state index contributed by atoms with van der Waals surface area (Å²) in [7, 11) is 0. The quantitative estimate of drug-likeness (QED) is 0.515. The van der Waals surface area contributed by atoms with Crippen molar-refractivity contribution < 1.29 is 4.79 Å². The molecular weight excluding hydrogens is 390 g/mol. The molecule has 31 heavy (non-hydrogen) atoms. The SMILES string of the molecule is CC.Cc1cc(C)nc(N2CC3CCC2CN3C(=O)c2ccccc2N)n1.N=CC=N. The average molecular weight is 424 g/mol. The van der Waals surface area contributed by atoms with E-state index in [4.69, 9.17) is 16.6 Å². The van der Waals surface area contributed by atoms with Gasteiger partial charge in [0.1, 0.15) is 0 Å². The smallest absolute Gasteiger partial charge is 0.256 e. The lowest BCUT2D eigenvalue weighted by Crippen LogP contribution is -2.64. The summed E-state index contributed by atoms with van der Waals surface area (Å²) < 4.78 is 0. The van der Waals surface area contributed by atoms with Crippen molar-refractivity contribution in [2.75, 3.05) is 23.7 Å². The molecule has 3 saturated heterocycles. The van der Waals surface area contributed by atoms with Crippen LogP contribution < -0.4 is 10.6 Å². The fourth-order valence-corrected chi connectivity index (χ4v) is 4.00. The highest BCUT2D eigenvalue weighted by Gasteiger charge is 2.42. The highest BCUT2D eigenvalue weighted by molar-refractivity contribution is 6.12. The van der Waals surface area contributed by atoms with E-state index in [1.165, 1.54) is 0 Å². The summed E-state index contributed by atoms with van der Waals surface area (Å²) in [6.45, 7) is 9.48. The maximum Gasteiger partial charge on any atom is 0.256 e. The van der Waals surface area contributed by atoms with E-state index in [2.05, 4.69) is 14.9 Å². The van der Waals surface area contributed by atoms with E-state index in [1.807, 2.05) is 56.9 Å². The summed E-state index contributed by atoms with van der Waals surface area (Å²) >= 11 is 0. The first-order valence-electron chi connectivity index (χ1n) is 10.7. The van der Waals surface area contributed by atoms with Crippen LogP contribution in [0.5, 0.6) is 0 Å². The molecule has 0 spiro atoms. The number of carbonyl (C=O) groups excluding carboxylic acids is 1. The van der Waals surface area contributed by atoms with Crippen LogP contribution in [0.2, 0.25) is 0 Å². The van der Waals surface area contributed by atoms with Crippen LogP contribution in [0.25, 0.3) is 0 Å². The first kappa shape index (κ1) is 24.0. The number of anilines is 2. The number of amides is 1. The van der Waals surface area contributed by atoms with Gasteiger partial charge in [-0.15, -0.1) is 0 Å². The van der Waals surface area contributed by atoms with Gasteiger partial charge in [0.25, 0.3) is 5.91 Å². The van der Waals surface area contributed by atoms with E-state index in [9.17, 15) is 4.79 Å². The number of rotatable bonds is 3. The predicted molar refractivity (Wildman–Crippen MR) is 126 cm³/mol. The minimum Gasteiger partial charge on any atom is -0.398 e. The van der Waals surface area contributed by atoms with Crippen LogP contribution in [0.4, 0.5) is 11.6 Å². The first-order chi connectivity index (χ1) is 14.9. The zero-order valence-electron chi connectivity index (χ0n) is 18.8. The van der Waals surface area contributed by atoms with Gasteiger partial charge in [-0.1, -0.05) is 26.0 Å². The molecule has 1 aromatic carbocycles. The molecule has 4 N–H and O–H groups in total. The predicted octanol–water partition coefficient (Wildman–Crippen LogP) is 3.48. The number of fused-ring (bicyclic) bond motifs is 3. The number of nitrogens with two attached hydrogens (primary N) is 1. The molecule has 5 rings (SSSR count). The Morgan fingerprint density at radius 3 is 2.13 bits per heavy atom. The molecule has 3 fully saturated rings. The van der Waals surface area contributed by atoms with Gasteiger partial charge >= 0.3 is 0 Å². The summed E-state index contributed by atoms with van der Waals surface area (Å²) in [5.74, 6) is 0.826. The van der Waals surface area contributed by atoms with E-state index in [-0.39, 0.29) is 18.0 Å². The molecular formula is C23H33N7O. The van der Waals surface area contributed by atoms with E-state index >= 15 is 0 Å². The summed E-state index contributed by atoms with van der Waals surface area (Å²) in [5, 5.41) is 12.2. The van der Waals surface area contributed by atoms with Crippen molar-refractivity contribution in [2.45, 2.75) is 52.6 Å². The Hall–Kier alpha value is -3.29. The number of aromatic nitrogens is 2. The van der Waals surface area contributed by atoms with Crippen LogP contribution in [-0.4, -0.2) is 58.4 Å². The molecule has 8 nitrogen and oxygen atoms in total. The topological polar surface area (TPSA) is 123 Å². The van der Waals surface area contributed by atoms with Gasteiger partial charge in [-0.05, 0) is 44.9 Å². The van der Waals surface area contributed by atoms with Gasteiger partial charge in [0.2, 0.25) is 5.95 Å². The third-order valence-electron chi connectivity index (χ3n) is 5.29. The fourth-order valence-electron chi connectivity index (χ4n) is 4.00. The van der Waals surface area contributed by atoms with E-state index in [0.29, 0.717) is 17.8 Å². The van der Waals surface area contributed by atoms with Gasteiger partial charge in [0.15, 0.2) is 0 Å². The van der Waals surface area contributed by atoms with Crippen molar-refractivity contribution >= 4 is 30.0 Å². The number of aryl methyl sites for hydroxylation is 2. The molecule has 3 aliphatic heterocycles. The Kier molecular flexibility index (Phi) is 8.66. The van der Waals surface area contributed by atoms with Crippen LogP contribution in [0, 0.1) is 24.7 Å². The third-order valence-corrected chi connectivity index (χ3v) is 5.29. The number of benzene rings is 1. The molecule has 3 aliphatic rings. The second kappa shape index (κ2) is 11.2. The van der Waals surface area contributed by atoms with Crippen molar-refractivity contribution in [1.29, 1.82) is 10.8 Å². The number of hydrogen-bond acceptors (Lipinski definition) is 7. The molecule has 1 amide bonds. The number of hydrogen-bond donors (Lipinski definition) is 3. The van der Waals surface area contributed by atoms with E-state index in [1.54, 1.807) is 6.07 Å². The molecule has 2 aromatic rings. The van der Waals surface area contributed by atoms with Gasteiger partial charge in [-0.2, -0.15) is 0 Å². The second-order valence-corrected chi connectivity index (χ2v) is 7.37. The molecule has 2 bridgehead atoms. The molecule has 166 valence electrons. The highest BCUT2D eigenvalue weighted by atomic mass is 16.2. The van der Waals surface area contributed by atoms with Crippen LogP contribution in [-0.2, 0) is 0 Å². The Labute approximate surface area is 184 Å². The standard InChI is InChI=1S/C19H23N5O.C2H4N2.C2H6/c1-12-9-13(2)22-19(21-12)24-11-14-7-8-15(24)10-23(14)18(25)16-5-3-4-6-17(16)20;3-1-2-4;1-2/h3-6,9,14-15H,7-8,10-11,20H2,1-2H3;1-4H;1-2H3. The van der Waals surface area contributed by atoms with Gasteiger partial charge < -0.3 is 26.4 Å². The first-order valence-corrected chi connectivity index (χ1v) is 10.7. The molecule has 0 aliphatic carbocycles. The van der Waals surface area contributed by atoms with E-state index in [0.717, 1.165) is 49.2 Å². The Morgan fingerprint density at radius 2 is 1.61 bits per heavy atom. The second-order valence-electron chi connectivity index (χ2n) is 7.37. The summed E-state index contributed by atoms with van der Waals surface area (Å²) in [5.41, 5.74) is 9.11. The number of nitrogens with zero attached hydrogens (tertiary/aromatic N) is 4. The molecule has 8 heteroatoms. The van der Waals surface area contributed by atoms with Crippen LogP contribution in [0.1, 0.15) is 48.4 Å². The van der Waals surface area contributed by atoms with Crippen LogP contribution >= 0.6 is 0 Å². The zero-order chi connectivity index (χ0) is 23.0. The lowest BCUT2D eigenvalue weighted by molar-refractivity contribution is 0.0503. The summed E-state index contributed by atoms with van der Waals surface area (Å²) in [6, 6.07) is 9.74. The molecule has 0 saturated carbocycles. The Bertz CT molecular complexity index is 888. The largest absolute Gasteiger partial charge is 0.398 e. The number of nitrogens with one attached hydrogen (secondary N) is 2. The van der Waals surface area contributed by atoms with Crippen molar-refractivity contribution in [3.63, 3.8) is 0 Å². The lowest BCUT2D eigenvalue weighted by Gasteiger charge is -2.51. The highest BCUT2D eigenvalue weighted by Crippen LogP contribution is 2.32. The van der Waals surface area contributed by atoms with Crippen LogP contribution in [0.3, 0.4) is 0 Å². The maximum atomic E-state index is 13.0. The number of piperazine rings is 1. The van der Waals surface area contributed by atoms with Gasteiger partial charge in [-0.3, -0.25) is 4.79 Å². The number of para-hydroxylation sites is 1. The van der Waals surface area contributed by atoms with Gasteiger partial charge in [-0.25, -0.2) is 9.97 Å². The molecule has 4 heterocycles. The summed E-state index contributed by atoms with van der Waals surface area (Å²) in [4.78, 5) is 26.4. The number of carbonyl (C=O) groups is 1. The van der Waals surface area contributed by atoms with Crippen molar-refractivity contribution in [3.8, 4) is 0 Å². The van der Waals surface area contributed by atoms with Crippen LogP contribution in [0.15, 0.2) is 30.3 Å². The molecule has 2 atom stereocenters. The fraction of sp³-hybridized carbons (Fsp3) is 0.435. The molecule has 1 aromatic heterocycles. The maximum absolute atomic E-state index is 13.0. The van der Waals surface area contributed by atoms with E-state index < -0.39 is 0 Å². The molecule has 2 unspecified atom stereocenters. The number of piperidine rings is 2. The van der Waals surface area contributed by atoms with Gasteiger partial charge in [0, 0.05) is 54.7 Å². The van der Waals surface area contributed by atoms with Crippen molar-refractivity contribution in [1.82, 2.24) is 14.9 Å². The minimum absolute atomic E-state index is 0.0359. The normalized spacial score (nSPS) is 18.8. The lowest BCUT2D eigenvalue weighted by atomic mass is 9.90. The Balaban J connectivity index is 0.000000513. The average Bonchev–Trinajstić information content (AvgIpc) is 2.80. The minimum atomic E-state index is 0.0359. The monoisotopic (exact) mass is 423 g/mol. The van der Waals surface area contributed by atoms with Crippen molar-refractivity contribution in [2.24, 2.45) is 0 Å². The number of nitrogen functional groups attached to an aromatic ring is 1. The van der Waals surface area contributed by atoms with Gasteiger partial charge in [0.05, 0.1) is 5.56 Å². The third kappa shape index (κ3) is 5.65.